The van der Waals surface area contributed by atoms with Gasteiger partial charge in [0.2, 0.25) is 5.91 Å². The van der Waals surface area contributed by atoms with Crippen molar-refractivity contribution in [3.63, 3.8) is 0 Å². The van der Waals surface area contributed by atoms with E-state index in [1.54, 1.807) is 0 Å². The lowest BCUT2D eigenvalue weighted by atomic mass is 9.88. The second-order valence-corrected chi connectivity index (χ2v) is 6.11. The van der Waals surface area contributed by atoms with E-state index < -0.39 is 17.8 Å². The maximum atomic E-state index is 13.6. The number of rotatable bonds is 6. The number of urea groups is 1. The number of carbonyl (C=O) groups excluding carboxylic acids is 2. The summed E-state index contributed by atoms with van der Waals surface area (Å²) in [4.78, 5) is 22.9. The topological polar surface area (TPSA) is 93.4 Å². The number of primary amides is 1. The number of hydrogen-bond donors (Lipinski definition) is 3. The Kier molecular flexibility index (Phi) is 6.54. The predicted octanol–water partition coefficient (Wildman–Crippen LogP) is 2.64. The summed E-state index contributed by atoms with van der Waals surface area (Å²) in [5, 5.41) is 4.97. The third kappa shape index (κ3) is 5.19. The number of ether oxygens (including phenoxy) is 1. The summed E-state index contributed by atoms with van der Waals surface area (Å²) < 4.78 is 19.4. The minimum atomic E-state index is -0.687. The number of halogens is 1. The molecule has 0 spiro atoms. The highest BCUT2D eigenvalue weighted by atomic mass is 19.1. The number of benzene rings is 1. The molecule has 0 bridgehead atoms. The van der Waals surface area contributed by atoms with Crippen LogP contribution >= 0.6 is 0 Å². The molecule has 2 unspecified atom stereocenters. The van der Waals surface area contributed by atoms with Gasteiger partial charge in [-0.2, -0.15) is 0 Å². The summed E-state index contributed by atoms with van der Waals surface area (Å²) in [6, 6.07) is 3.00. The maximum absolute atomic E-state index is 13.6. The smallest absolute Gasteiger partial charge is 0.319 e. The molecule has 4 N–H and O–H groups in total. The molecule has 1 aliphatic rings. The van der Waals surface area contributed by atoms with Crippen molar-refractivity contribution in [2.45, 2.75) is 38.7 Å². The molecule has 1 fully saturated rings. The van der Waals surface area contributed by atoms with Crippen molar-refractivity contribution in [3.8, 4) is 0 Å². The zero-order valence-electron chi connectivity index (χ0n) is 13.8. The minimum Gasteiger partial charge on any atom is -0.376 e. The second kappa shape index (κ2) is 8.63. The first-order chi connectivity index (χ1) is 11.5. The highest BCUT2D eigenvalue weighted by molar-refractivity contribution is 5.96. The van der Waals surface area contributed by atoms with Crippen LogP contribution in [0.1, 0.15) is 43.0 Å². The van der Waals surface area contributed by atoms with E-state index in [1.807, 2.05) is 0 Å². The highest BCUT2D eigenvalue weighted by Crippen LogP contribution is 2.26. The van der Waals surface area contributed by atoms with Crippen molar-refractivity contribution in [2.24, 2.45) is 11.7 Å². The molecule has 1 saturated carbocycles. The van der Waals surface area contributed by atoms with Crippen molar-refractivity contribution < 1.29 is 18.7 Å². The van der Waals surface area contributed by atoms with Gasteiger partial charge < -0.3 is 21.1 Å². The van der Waals surface area contributed by atoms with Gasteiger partial charge in [-0.05, 0) is 37.0 Å². The third-order valence-corrected chi connectivity index (χ3v) is 4.25. The molecule has 2 rings (SSSR count). The van der Waals surface area contributed by atoms with Crippen LogP contribution in [0.25, 0.3) is 0 Å². The first-order valence-corrected chi connectivity index (χ1v) is 8.23. The SMILES string of the molecule is CC1CCCCC1OCCNC(=O)Nc1cc(C(N)=O)ccc1F. The van der Waals surface area contributed by atoms with E-state index in [9.17, 15) is 14.0 Å². The van der Waals surface area contributed by atoms with Gasteiger partial charge in [-0.15, -0.1) is 0 Å². The lowest BCUT2D eigenvalue weighted by Gasteiger charge is -2.28. The van der Waals surface area contributed by atoms with Crippen LogP contribution in [0.15, 0.2) is 18.2 Å². The molecule has 6 nitrogen and oxygen atoms in total. The van der Waals surface area contributed by atoms with Gasteiger partial charge in [0.25, 0.3) is 0 Å². The standard InChI is InChI=1S/C17H24FN3O3/c1-11-4-2-3-5-15(11)24-9-8-20-17(23)21-14-10-12(16(19)22)6-7-13(14)18/h6-7,10-11,15H,2-5,8-9H2,1H3,(H2,19,22)(H2,20,21,23). The van der Waals surface area contributed by atoms with Gasteiger partial charge in [0.1, 0.15) is 5.82 Å². The molecule has 1 aromatic carbocycles. The average molecular weight is 337 g/mol. The van der Waals surface area contributed by atoms with Gasteiger partial charge in [0.15, 0.2) is 0 Å². The molecule has 0 aliphatic heterocycles. The quantitative estimate of drug-likeness (QED) is 0.697. The van der Waals surface area contributed by atoms with Gasteiger partial charge in [0, 0.05) is 12.1 Å². The fourth-order valence-electron chi connectivity index (χ4n) is 2.85. The molecule has 0 heterocycles. The van der Waals surface area contributed by atoms with Crippen LogP contribution in [0.3, 0.4) is 0 Å². The fraction of sp³-hybridized carbons (Fsp3) is 0.529. The molecule has 0 saturated heterocycles. The Morgan fingerprint density at radius 1 is 1.33 bits per heavy atom. The van der Waals surface area contributed by atoms with E-state index in [0.717, 1.165) is 12.5 Å². The van der Waals surface area contributed by atoms with Crippen LogP contribution in [0.5, 0.6) is 0 Å². The first-order valence-electron chi connectivity index (χ1n) is 8.23. The van der Waals surface area contributed by atoms with Crippen molar-refractivity contribution >= 4 is 17.6 Å². The number of nitrogens with one attached hydrogen (secondary N) is 2. The Morgan fingerprint density at radius 2 is 2.08 bits per heavy atom. The molecule has 2 atom stereocenters. The van der Waals surface area contributed by atoms with Crippen molar-refractivity contribution in [2.75, 3.05) is 18.5 Å². The molecule has 3 amide bonds. The Bertz CT molecular complexity index is 594. The summed E-state index contributed by atoms with van der Waals surface area (Å²) in [6.45, 7) is 2.91. The Morgan fingerprint density at radius 3 is 2.79 bits per heavy atom. The highest BCUT2D eigenvalue weighted by Gasteiger charge is 2.21. The molecule has 0 aromatic heterocycles. The first kappa shape index (κ1) is 18.2. The van der Waals surface area contributed by atoms with Crippen LogP contribution in [0, 0.1) is 11.7 Å². The molecular formula is C17H24FN3O3. The second-order valence-electron chi connectivity index (χ2n) is 6.11. The van der Waals surface area contributed by atoms with E-state index >= 15 is 0 Å². The summed E-state index contributed by atoms with van der Waals surface area (Å²) in [7, 11) is 0. The summed E-state index contributed by atoms with van der Waals surface area (Å²) in [5.74, 6) is -0.783. The average Bonchev–Trinajstić information content (AvgIpc) is 2.55. The minimum absolute atomic E-state index is 0.0920. The van der Waals surface area contributed by atoms with Crippen molar-refractivity contribution in [1.29, 1.82) is 0 Å². The van der Waals surface area contributed by atoms with Gasteiger partial charge >= 0.3 is 6.03 Å². The molecule has 0 radical (unpaired) electrons. The summed E-state index contributed by atoms with van der Waals surface area (Å²) in [5.41, 5.74) is 5.17. The molecule has 1 aromatic rings. The zero-order chi connectivity index (χ0) is 17.5. The maximum Gasteiger partial charge on any atom is 0.319 e. The van der Waals surface area contributed by atoms with E-state index in [0.29, 0.717) is 19.1 Å². The van der Waals surface area contributed by atoms with E-state index in [2.05, 4.69) is 17.6 Å². The van der Waals surface area contributed by atoms with Crippen LogP contribution in [0.4, 0.5) is 14.9 Å². The molecule has 24 heavy (non-hydrogen) atoms. The van der Waals surface area contributed by atoms with Crippen LogP contribution in [0.2, 0.25) is 0 Å². The lowest BCUT2D eigenvalue weighted by molar-refractivity contribution is -0.00232. The number of nitrogens with two attached hydrogens (primary N) is 1. The third-order valence-electron chi connectivity index (χ3n) is 4.25. The fourth-order valence-corrected chi connectivity index (χ4v) is 2.85. The number of hydrogen-bond acceptors (Lipinski definition) is 3. The van der Waals surface area contributed by atoms with E-state index in [-0.39, 0.29) is 17.4 Å². The van der Waals surface area contributed by atoms with Crippen molar-refractivity contribution in [3.05, 3.63) is 29.6 Å². The van der Waals surface area contributed by atoms with Gasteiger partial charge in [0.05, 0.1) is 18.4 Å². The molecule has 1 aliphatic carbocycles. The van der Waals surface area contributed by atoms with Crippen LogP contribution < -0.4 is 16.4 Å². The molecular weight excluding hydrogens is 313 g/mol. The Hall–Kier alpha value is -2.15. The van der Waals surface area contributed by atoms with Crippen molar-refractivity contribution in [1.82, 2.24) is 5.32 Å². The summed E-state index contributed by atoms with van der Waals surface area (Å²) in [6.07, 6.45) is 4.90. The zero-order valence-corrected chi connectivity index (χ0v) is 13.8. The predicted molar refractivity (Wildman–Crippen MR) is 89.3 cm³/mol. The van der Waals surface area contributed by atoms with Crippen LogP contribution in [-0.4, -0.2) is 31.2 Å². The monoisotopic (exact) mass is 337 g/mol. The lowest BCUT2D eigenvalue weighted by Crippen LogP contribution is -2.34. The van der Waals surface area contributed by atoms with Crippen LogP contribution in [-0.2, 0) is 4.74 Å². The molecule has 7 heteroatoms. The number of anilines is 1. The normalized spacial score (nSPS) is 20.4. The Balaban J connectivity index is 1.75. The Labute approximate surface area is 140 Å². The van der Waals surface area contributed by atoms with E-state index in [4.69, 9.17) is 10.5 Å². The number of amides is 3. The van der Waals surface area contributed by atoms with Gasteiger partial charge in [-0.1, -0.05) is 19.8 Å². The van der Waals surface area contributed by atoms with E-state index in [1.165, 1.54) is 31.4 Å². The summed E-state index contributed by atoms with van der Waals surface area (Å²) >= 11 is 0. The molecule has 132 valence electrons. The number of carbonyl (C=O) groups is 2. The van der Waals surface area contributed by atoms with Gasteiger partial charge in [-0.3, -0.25) is 4.79 Å². The largest absolute Gasteiger partial charge is 0.376 e. The van der Waals surface area contributed by atoms with Gasteiger partial charge in [-0.25, -0.2) is 9.18 Å².